The summed E-state index contributed by atoms with van der Waals surface area (Å²) in [6, 6.07) is -1.33. The van der Waals surface area contributed by atoms with Crippen molar-refractivity contribution < 1.29 is 24.5 Å². The molecule has 2 fully saturated rings. The fourth-order valence-electron chi connectivity index (χ4n) is 2.82. The lowest BCUT2D eigenvalue weighted by atomic mass is 10.2. The predicted octanol–water partition coefficient (Wildman–Crippen LogP) is -0.217. The molecule has 1 aliphatic carbocycles. The topological polar surface area (TPSA) is 99.1 Å². The van der Waals surface area contributed by atoms with Crippen LogP contribution in [0.3, 0.4) is 0 Å². The first-order valence-electron chi connectivity index (χ1n) is 6.52. The van der Waals surface area contributed by atoms with Crippen LogP contribution in [-0.2, 0) is 9.53 Å². The second kappa shape index (κ2) is 5.75. The van der Waals surface area contributed by atoms with Crippen molar-refractivity contribution in [3.63, 3.8) is 0 Å². The van der Waals surface area contributed by atoms with Gasteiger partial charge in [-0.1, -0.05) is 0 Å². The first kappa shape index (κ1) is 14.1. The van der Waals surface area contributed by atoms with Gasteiger partial charge >= 0.3 is 12.0 Å². The van der Waals surface area contributed by atoms with E-state index in [1.165, 1.54) is 4.90 Å². The minimum atomic E-state index is -1.08. The molecule has 0 radical (unpaired) electrons. The Balaban J connectivity index is 1.90. The number of amides is 2. The number of carboxylic acid groups (broad SMARTS) is 1. The third-order valence-electron chi connectivity index (χ3n) is 3.87. The van der Waals surface area contributed by atoms with Crippen LogP contribution < -0.4 is 5.32 Å². The summed E-state index contributed by atoms with van der Waals surface area (Å²) in [7, 11) is 1.64. The molecule has 2 rings (SSSR count). The van der Waals surface area contributed by atoms with Gasteiger partial charge < -0.3 is 25.2 Å². The Morgan fingerprint density at radius 1 is 1.32 bits per heavy atom. The molecule has 2 amide bonds. The van der Waals surface area contributed by atoms with Gasteiger partial charge in [0.15, 0.2) is 0 Å². The molecule has 3 N–H and O–H groups in total. The number of rotatable bonds is 3. The van der Waals surface area contributed by atoms with Crippen LogP contribution in [0.25, 0.3) is 0 Å². The van der Waals surface area contributed by atoms with E-state index in [0.29, 0.717) is 0 Å². The van der Waals surface area contributed by atoms with E-state index in [2.05, 4.69) is 5.32 Å². The number of carbonyl (C=O) groups is 2. The van der Waals surface area contributed by atoms with Crippen LogP contribution in [0.15, 0.2) is 0 Å². The number of urea groups is 1. The van der Waals surface area contributed by atoms with Gasteiger partial charge in [-0.3, -0.25) is 0 Å². The van der Waals surface area contributed by atoms with Crippen LogP contribution in [0.5, 0.6) is 0 Å². The van der Waals surface area contributed by atoms with Gasteiger partial charge in [0.1, 0.15) is 6.04 Å². The molecular weight excluding hydrogens is 252 g/mol. The molecule has 19 heavy (non-hydrogen) atoms. The largest absolute Gasteiger partial charge is 0.480 e. The summed E-state index contributed by atoms with van der Waals surface area (Å²) in [4.78, 5) is 24.3. The van der Waals surface area contributed by atoms with E-state index in [9.17, 15) is 14.7 Å². The van der Waals surface area contributed by atoms with Crippen LogP contribution >= 0.6 is 0 Å². The summed E-state index contributed by atoms with van der Waals surface area (Å²) in [5, 5.41) is 21.4. The molecule has 0 aromatic rings. The fourth-order valence-corrected chi connectivity index (χ4v) is 2.82. The van der Waals surface area contributed by atoms with E-state index >= 15 is 0 Å². The zero-order chi connectivity index (χ0) is 14.0. The Kier molecular flexibility index (Phi) is 4.26. The maximum Gasteiger partial charge on any atom is 0.326 e. The molecule has 1 heterocycles. The zero-order valence-electron chi connectivity index (χ0n) is 10.9. The first-order chi connectivity index (χ1) is 9.01. The molecule has 0 bridgehead atoms. The zero-order valence-corrected chi connectivity index (χ0v) is 10.9. The highest BCUT2D eigenvalue weighted by Gasteiger charge is 2.40. The van der Waals surface area contributed by atoms with Crippen molar-refractivity contribution in [1.82, 2.24) is 10.2 Å². The number of carboxylic acids is 1. The monoisotopic (exact) mass is 272 g/mol. The predicted molar refractivity (Wildman–Crippen MR) is 65.7 cm³/mol. The van der Waals surface area contributed by atoms with Crippen LogP contribution in [0.1, 0.15) is 25.7 Å². The first-order valence-corrected chi connectivity index (χ1v) is 6.52. The number of nitrogens with one attached hydrogen (secondary N) is 1. The van der Waals surface area contributed by atoms with Gasteiger partial charge in [-0.05, 0) is 19.3 Å². The number of nitrogens with zero attached hydrogens (tertiary/aromatic N) is 1. The Bertz CT molecular complexity index is 362. The number of likely N-dealkylation sites (tertiary alicyclic amines) is 1. The molecule has 0 aromatic heterocycles. The second-order valence-corrected chi connectivity index (χ2v) is 5.21. The standard InChI is InChI=1S/C12H20N2O5/c1-19-9-3-2-7(4-9)13-12(18)14-6-8(15)5-10(14)11(16)17/h7-10,15H,2-6H2,1H3,(H,13,18)(H,16,17). The van der Waals surface area contributed by atoms with Crippen LogP contribution in [0, 0.1) is 0 Å². The summed E-state index contributed by atoms with van der Waals surface area (Å²) >= 11 is 0. The number of methoxy groups -OCH3 is 1. The van der Waals surface area contributed by atoms with Gasteiger partial charge in [-0.15, -0.1) is 0 Å². The highest BCUT2D eigenvalue weighted by molar-refractivity contribution is 5.83. The molecular formula is C12H20N2O5. The maximum absolute atomic E-state index is 12.1. The molecule has 0 spiro atoms. The lowest BCUT2D eigenvalue weighted by Gasteiger charge is -2.24. The Morgan fingerprint density at radius 3 is 2.63 bits per heavy atom. The highest BCUT2D eigenvalue weighted by atomic mass is 16.5. The number of ether oxygens (including phenoxy) is 1. The fraction of sp³-hybridized carbons (Fsp3) is 0.833. The van der Waals surface area contributed by atoms with Crippen molar-refractivity contribution in [2.24, 2.45) is 0 Å². The van der Waals surface area contributed by atoms with E-state index in [1.54, 1.807) is 7.11 Å². The number of hydrogen-bond donors (Lipinski definition) is 3. The molecule has 1 saturated heterocycles. The minimum absolute atomic E-state index is 0.0182. The van der Waals surface area contributed by atoms with Crippen molar-refractivity contribution in [1.29, 1.82) is 0 Å². The molecule has 7 nitrogen and oxygen atoms in total. The summed E-state index contributed by atoms with van der Waals surface area (Å²) < 4.78 is 5.23. The van der Waals surface area contributed by atoms with E-state index in [-0.39, 0.29) is 25.1 Å². The number of hydrogen-bond acceptors (Lipinski definition) is 4. The molecule has 2 aliphatic rings. The maximum atomic E-state index is 12.1. The van der Waals surface area contributed by atoms with E-state index in [0.717, 1.165) is 19.3 Å². The Hall–Kier alpha value is -1.34. The van der Waals surface area contributed by atoms with E-state index in [1.807, 2.05) is 0 Å². The second-order valence-electron chi connectivity index (χ2n) is 5.21. The lowest BCUT2D eigenvalue weighted by molar-refractivity contribution is -0.141. The van der Waals surface area contributed by atoms with E-state index < -0.39 is 24.1 Å². The molecule has 0 aromatic carbocycles. The smallest absolute Gasteiger partial charge is 0.326 e. The molecule has 108 valence electrons. The summed E-state index contributed by atoms with van der Waals surface area (Å²) in [5.41, 5.74) is 0. The van der Waals surface area contributed by atoms with Crippen LogP contribution in [0.2, 0.25) is 0 Å². The van der Waals surface area contributed by atoms with Crippen LogP contribution in [-0.4, -0.2) is 65.1 Å². The number of aliphatic hydroxyl groups excluding tert-OH is 1. The van der Waals surface area contributed by atoms with Gasteiger partial charge in [0.05, 0.1) is 12.2 Å². The molecule has 7 heteroatoms. The van der Waals surface area contributed by atoms with Crippen molar-refractivity contribution in [3.8, 4) is 0 Å². The molecule has 4 unspecified atom stereocenters. The van der Waals surface area contributed by atoms with Gasteiger partial charge in [0.2, 0.25) is 0 Å². The summed E-state index contributed by atoms with van der Waals surface area (Å²) in [6.45, 7) is 0.0726. The Labute approximate surface area is 111 Å². The van der Waals surface area contributed by atoms with Gasteiger partial charge in [-0.2, -0.15) is 0 Å². The van der Waals surface area contributed by atoms with Gasteiger partial charge in [0, 0.05) is 26.1 Å². The average Bonchev–Trinajstić information content (AvgIpc) is 2.95. The molecule has 1 saturated carbocycles. The SMILES string of the molecule is COC1CCC(NC(=O)N2CC(O)CC2C(=O)O)C1. The summed E-state index contributed by atoms with van der Waals surface area (Å²) in [5.74, 6) is -1.08. The van der Waals surface area contributed by atoms with Crippen LogP contribution in [0.4, 0.5) is 4.79 Å². The average molecular weight is 272 g/mol. The normalized spacial score (nSPS) is 34.5. The Morgan fingerprint density at radius 2 is 2.05 bits per heavy atom. The highest BCUT2D eigenvalue weighted by Crippen LogP contribution is 2.23. The number of β-amino-alcohol motifs (C(OH)–C–C–N with tert-alkyl or cyclic N) is 1. The molecule has 4 atom stereocenters. The molecule has 1 aliphatic heterocycles. The van der Waals surface area contributed by atoms with Gasteiger partial charge in [-0.25, -0.2) is 9.59 Å². The lowest BCUT2D eigenvalue weighted by Crippen LogP contribution is -2.48. The number of aliphatic carboxylic acids is 1. The van der Waals surface area contributed by atoms with E-state index in [4.69, 9.17) is 9.84 Å². The quantitative estimate of drug-likeness (QED) is 0.660. The van der Waals surface area contributed by atoms with Crippen molar-refractivity contribution >= 4 is 12.0 Å². The number of carbonyl (C=O) groups excluding carboxylic acids is 1. The van der Waals surface area contributed by atoms with Crippen molar-refractivity contribution in [2.45, 2.75) is 50.0 Å². The summed E-state index contributed by atoms with van der Waals surface area (Å²) in [6.07, 6.45) is 1.96. The van der Waals surface area contributed by atoms with Crippen molar-refractivity contribution in [3.05, 3.63) is 0 Å². The number of aliphatic hydroxyl groups is 1. The van der Waals surface area contributed by atoms with Gasteiger partial charge in [0.25, 0.3) is 0 Å². The third kappa shape index (κ3) is 3.16. The van der Waals surface area contributed by atoms with Crippen molar-refractivity contribution in [2.75, 3.05) is 13.7 Å². The third-order valence-corrected chi connectivity index (χ3v) is 3.87. The minimum Gasteiger partial charge on any atom is -0.480 e.